The molecule has 4 heteroatoms. The molecule has 1 aromatic rings. The third-order valence-corrected chi connectivity index (χ3v) is 2.92. The summed E-state index contributed by atoms with van der Waals surface area (Å²) in [6, 6.07) is 3.34. The number of Topliss-reactive ketones (excluding diaryl/α,β-unsaturated/α-hetero) is 1. The van der Waals surface area contributed by atoms with Crippen LogP contribution in [-0.4, -0.2) is 5.78 Å². The van der Waals surface area contributed by atoms with Crippen LogP contribution in [-0.2, 0) is 12.6 Å². The van der Waals surface area contributed by atoms with Gasteiger partial charge in [-0.15, -0.1) is 0 Å². The lowest BCUT2D eigenvalue weighted by Crippen LogP contribution is -2.18. The van der Waals surface area contributed by atoms with Gasteiger partial charge in [-0.1, -0.05) is 19.9 Å². The molecule has 1 nitrogen and oxygen atoms in total. The van der Waals surface area contributed by atoms with Crippen LogP contribution < -0.4 is 0 Å². The van der Waals surface area contributed by atoms with Crippen molar-refractivity contribution >= 4 is 5.78 Å². The minimum atomic E-state index is -4.34. The Kier molecular flexibility index (Phi) is 2.16. The Balaban J connectivity index is 2.50. The highest BCUT2D eigenvalue weighted by Crippen LogP contribution is 2.39. The first-order valence-corrected chi connectivity index (χ1v) is 4.97. The van der Waals surface area contributed by atoms with Crippen molar-refractivity contribution in [2.45, 2.75) is 26.4 Å². The van der Waals surface area contributed by atoms with Crippen LogP contribution in [0.5, 0.6) is 0 Å². The van der Waals surface area contributed by atoms with E-state index in [2.05, 4.69) is 0 Å². The zero-order valence-electron chi connectivity index (χ0n) is 8.98. The molecule has 0 aromatic heterocycles. The van der Waals surface area contributed by atoms with Crippen molar-refractivity contribution in [3.05, 3.63) is 34.9 Å². The Labute approximate surface area is 91.3 Å². The minimum Gasteiger partial charge on any atom is -0.294 e. The van der Waals surface area contributed by atoms with E-state index in [4.69, 9.17) is 0 Å². The third-order valence-electron chi connectivity index (χ3n) is 2.92. The van der Waals surface area contributed by atoms with Gasteiger partial charge in [0.25, 0.3) is 0 Å². The number of fused-ring (bicyclic) bond motifs is 1. The molecule has 0 atom stereocenters. The maximum atomic E-state index is 12.5. The maximum absolute atomic E-state index is 12.5. The number of halogens is 3. The summed E-state index contributed by atoms with van der Waals surface area (Å²) in [5.74, 6) is -0.0729. The fraction of sp³-hybridized carbons (Fsp3) is 0.417. The van der Waals surface area contributed by atoms with Gasteiger partial charge in [-0.05, 0) is 24.1 Å². The topological polar surface area (TPSA) is 17.1 Å². The molecule has 1 aromatic carbocycles. The number of carbonyl (C=O) groups is 1. The molecular weight excluding hydrogens is 217 g/mol. The number of hydrogen-bond acceptors (Lipinski definition) is 1. The summed E-state index contributed by atoms with van der Waals surface area (Å²) in [6.45, 7) is 3.51. The van der Waals surface area contributed by atoms with Crippen LogP contribution in [0.25, 0.3) is 0 Å². The van der Waals surface area contributed by atoms with Gasteiger partial charge < -0.3 is 0 Å². The summed E-state index contributed by atoms with van der Waals surface area (Å²) < 4.78 is 37.4. The molecule has 2 rings (SSSR count). The Morgan fingerprint density at radius 1 is 1.25 bits per heavy atom. The first-order chi connectivity index (χ1) is 7.22. The molecule has 1 aliphatic rings. The average molecular weight is 228 g/mol. The van der Waals surface area contributed by atoms with Gasteiger partial charge >= 0.3 is 6.18 Å². The standard InChI is InChI=1S/C12H11F3O/c1-11(2)6-7-5-8(12(13,14)15)3-4-9(7)10(11)16/h3-5H,6H2,1-2H3. The zero-order valence-corrected chi connectivity index (χ0v) is 8.98. The van der Waals surface area contributed by atoms with Gasteiger partial charge in [0, 0.05) is 11.0 Å². The largest absolute Gasteiger partial charge is 0.416 e. The van der Waals surface area contributed by atoms with E-state index in [1.165, 1.54) is 6.07 Å². The van der Waals surface area contributed by atoms with Crippen LogP contribution in [0.2, 0.25) is 0 Å². The van der Waals surface area contributed by atoms with Crippen molar-refractivity contribution in [1.29, 1.82) is 0 Å². The molecule has 1 aliphatic carbocycles. The van der Waals surface area contributed by atoms with E-state index < -0.39 is 17.2 Å². The van der Waals surface area contributed by atoms with Gasteiger partial charge in [0.1, 0.15) is 0 Å². The number of ketones is 1. The molecule has 0 aliphatic heterocycles. The Bertz CT molecular complexity index is 458. The van der Waals surface area contributed by atoms with E-state index in [1.807, 2.05) is 0 Å². The Hall–Kier alpha value is -1.32. The van der Waals surface area contributed by atoms with Gasteiger partial charge in [0.2, 0.25) is 0 Å². The summed E-state index contributed by atoms with van der Waals surface area (Å²) in [6.07, 6.45) is -3.96. The fourth-order valence-corrected chi connectivity index (χ4v) is 2.06. The van der Waals surface area contributed by atoms with Crippen LogP contribution in [0, 0.1) is 5.41 Å². The lowest BCUT2D eigenvalue weighted by Gasteiger charge is -2.13. The maximum Gasteiger partial charge on any atom is 0.416 e. The summed E-state index contributed by atoms with van der Waals surface area (Å²) in [5.41, 5.74) is -0.327. The van der Waals surface area contributed by atoms with Crippen molar-refractivity contribution in [1.82, 2.24) is 0 Å². The van der Waals surface area contributed by atoms with Gasteiger partial charge in [-0.3, -0.25) is 4.79 Å². The van der Waals surface area contributed by atoms with Crippen LogP contribution in [0.15, 0.2) is 18.2 Å². The van der Waals surface area contributed by atoms with E-state index in [-0.39, 0.29) is 5.78 Å². The Morgan fingerprint density at radius 2 is 1.88 bits per heavy atom. The summed E-state index contributed by atoms with van der Waals surface area (Å²) >= 11 is 0. The zero-order chi connectivity index (χ0) is 12.1. The number of benzene rings is 1. The van der Waals surface area contributed by atoms with E-state index in [9.17, 15) is 18.0 Å². The van der Waals surface area contributed by atoms with E-state index in [0.717, 1.165) is 12.1 Å². The predicted octanol–water partition coefficient (Wildman–Crippen LogP) is 3.47. The predicted molar refractivity (Wildman–Crippen MR) is 53.3 cm³/mol. The van der Waals surface area contributed by atoms with Gasteiger partial charge in [0.15, 0.2) is 5.78 Å². The van der Waals surface area contributed by atoms with E-state index in [1.54, 1.807) is 13.8 Å². The molecule has 0 amide bonds. The monoisotopic (exact) mass is 228 g/mol. The second-order valence-corrected chi connectivity index (χ2v) is 4.76. The summed E-state index contributed by atoms with van der Waals surface area (Å²) in [5, 5.41) is 0. The SMILES string of the molecule is CC1(C)Cc2cc(C(F)(F)F)ccc2C1=O. The van der Waals surface area contributed by atoms with Crippen LogP contribution in [0.1, 0.15) is 35.3 Å². The Morgan fingerprint density at radius 3 is 2.44 bits per heavy atom. The summed E-state index contributed by atoms with van der Waals surface area (Å²) in [7, 11) is 0. The average Bonchev–Trinajstić information content (AvgIpc) is 2.36. The minimum absolute atomic E-state index is 0.0729. The highest BCUT2D eigenvalue weighted by atomic mass is 19.4. The smallest absolute Gasteiger partial charge is 0.294 e. The lowest BCUT2D eigenvalue weighted by atomic mass is 9.89. The molecule has 86 valence electrons. The van der Waals surface area contributed by atoms with Crippen molar-refractivity contribution in [3.8, 4) is 0 Å². The molecule has 0 radical (unpaired) electrons. The van der Waals surface area contributed by atoms with Crippen molar-refractivity contribution in [3.63, 3.8) is 0 Å². The molecule has 0 bridgehead atoms. The van der Waals surface area contributed by atoms with Crippen molar-refractivity contribution in [2.24, 2.45) is 5.41 Å². The molecule has 0 unspecified atom stereocenters. The van der Waals surface area contributed by atoms with Gasteiger partial charge in [-0.25, -0.2) is 0 Å². The normalized spacial score (nSPS) is 18.7. The molecule has 0 saturated carbocycles. The number of carbonyl (C=O) groups excluding carboxylic acids is 1. The van der Waals surface area contributed by atoms with E-state index in [0.29, 0.717) is 17.5 Å². The third kappa shape index (κ3) is 1.62. The van der Waals surface area contributed by atoms with Gasteiger partial charge in [0.05, 0.1) is 5.56 Å². The second-order valence-electron chi connectivity index (χ2n) is 4.76. The number of alkyl halides is 3. The van der Waals surface area contributed by atoms with Crippen LogP contribution in [0.3, 0.4) is 0 Å². The summed E-state index contributed by atoms with van der Waals surface area (Å²) in [4.78, 5) is 11.8. The highest BCUT2D eigenvalue weighted by molar-refractivity contribution is 6.04. The molecule has 0 spiro atoms. The van der Waals surface area contributed by atoms with Crippen LogP contribution in [0.4, 0.5) is 13.2 Å². The molecule has 16 heavy (non-hydrogen) atoms. The van der Waals surface area contributed by atoms with Crippen LogP contribution >= 0.6 is 0 Å². The first-order valence-electron chi connectivity index (χ1n) is 4.97. The van der Waals surface area contributed by atoms with Gasteiger partial charge in [-0.2, -0.15) is 13.2 Å². The molecule has 0 saturated heterocycles. The molecule has 0 heterocycles. The lowest BCUT2D eigenvalue weighted by molar-refractivity contribution is -0.137. The quantitative estimate of drug-likeness (QED) is 0.664. The number of rotatable bonds is 0. The second kappa shape index (κ2) is 3.09. The number of hydrogen-bond donors (Lipinski definition) is 0. The van der Waals surface area contributed by atoms with E-state index >= 15 is 0 Å². The first kappa shape index (κ1) is 11.2. The highest BCUT2D eigenvalue weighted by Gasteiger charge is 2.39. The molecule has 0 N–H and O–H groups in total. The molecule has 0 fully saturated rings. The fourth-order valence-electron chi connectivity index (χ4n) is 2.06. The van der Waals surface area contributed by atoms with Crippen molar-refractivity contribution < 1.29 is 18.0 Å². The molecular formula is C12H11F3O. The van der Waals surface area contributed by atoms with Crippen molar-refractivity contribution in [2.75, 3.05) is 0 Å².